The highest BCUT2D eigenvalue weighted by molar-refractivity contribution is 5.21. The van der Waals surface area contributed by atoms with Crippen molar-refractivity contribution in [3.05, 3.63) is 18.5 Å². The maximum absolute atomic E-state index is 11.7. The van der Waals surface area contributed by atoms with Gasteiger partial charge in [-0.05, 0) is 6.07 Å². The maximum Gasteiger partial charge on any atom is 0.390 e. The van der Waals surface area contributed by atoms with Crippen LogP contribution in [0.5, 0.6) is 0 Å². The fraction of sp³-hybridized carbons (Fsp3) is 0.429. The summed E-state index contributed by atoms with van der Waals surface area (Å²) in [6.07, 6.45) is -2.10. The minimum Gasteiger partial charge on any atom is -0.354 e. The third-order valence-corrected chi connectivity index (χ3v) is 1.26. The average molecular weight is 191 g/mol. The Morgan fingerprint density at radius 1 is 1.23 bits per heavy atom. The lowest BCUT2D eigenvalue weighted by Crippen LogP contribution is -2.15. The lowest BCUT2D eigenvalue weighted by molar-refractivity contribution is -0.131. The Balaban J connectivity index is 2.29. The summed E-state index contributed by atoms with van der Waals surface area (Å²) in [5.41, 5.74) is 0. The summed E-state index contributed by atoms with van der Waals surface area (Å²) in [5, 5.41) is 2.46. The van der Waals surface area contributed by atoms with Crippen LogP contribution in [0.2, 0.25) is 0 Å². The smallest absolute Gasteiger partial charge is 0.354 e. The molecule has 3 nitrogen and oxygen atoms in total. The summed E-state index contributed by atoms with van der Waals surface area (Å²) in [4.78, 5) is 7.42. The Labute approximate surface area is 73.0 Å². The van der Waals surface area contributed by atoms with Crippen LogP contribution >= 0.6 is 0 Å². The number of anilines is 1. The second-order valence-corrected chi connectivity index (χ2v) is 2.36. The Hall–Kier alpha value is -1.33. The van der Waals surface area contributed by atoms with Gasteiger partial charge in [0.05, 0.1) is 6.42 Å². The molecule has 13 heavy (non-hydrogen) atoms. The Morgan fingerprint density at radius 2 is 1.85 bits per heavy atom. The fourth-order valence-corrected chi connectivity index (χ4v) is 0.706. The van der Waals surface area contributed by atoms with Gasteiger partial charge in [0.25, 0.3) is 0 Å². The molecule has 0 bridgehead atoms. The minimum atomic E-state index is -4.14. The molecule has 0 amide bonds. The summed E-state index contributed by atoms with van der Waals surface area (Å²) in [6, 6.07) is 1.59. The van der Waals surface area contributed by atoms with Gasteiger partial charge in [-0.2, -0.15) is 13.2 Å². The van der Waals surface area contributed by atoms with E-state index >= 15 is 0 Å². The van der Waals surface area contributed by atoms with Crippen LogP contribution in [0.15, 0.2) is 18.5 Å². The van der Waals surface area contributed by atoms with E-state index in [1.807, 2.05) is 0 Å². The van der Waals surface area contributed by atoms with Crippen LogP contribution in [-0.2, 0) is 0 Å². The summed E-state index contributed by atoms with van der Waals surface area (Å²) in [7, 11) is 0. The van der Waals surface area contributed by atoms with Gasteiger partial charge in [0.1, 0.15) is 0 Å². The largest absolute Gasteiger partial charge is 0.390 e. The van der Waals surface area contributed by atoms with Gasteiger partial charge >= 0.3 is 6.18 Å². The standard InChI is InChI=1S/C7H8F3N3/c8-7(9,10)2-5-13-6-11-3-1-4-12-6/h1,3-4H,2,5H2,(H,11,12,13). The van der Waals surface area contributed by atoms with Crippen LogP contribution in [0.1, 0.15) is 6.42 Å². The summed E-state index contributed by atoms with van der Waals surface area (Å²) in [5.74, 6) is 0.215. The van der Waals surface area contributed by atoms with E-state index in [0.29, 0.717) is 0 Å². The van der Waals surface area contributed by atoms with Crippen molar-refractivity contribution in [2.45, 2.75) is 12.6 Å². The van der Waals surface area contributed by atoms with Crippen molar-refractivity contribution in [2.24, 2.45) is 0 Å². The highest BCUT2D eigenvalue weighted by Crippen LogP contribution is 2.18. The molecule has 0 aromatic carbocycles. The molecule has 1 aromatic heterocycles. The zero-order chi connectivity index (χ0) is 9.73. The molecule has 0 saturated heterocycles. The van der Waals surface area contributed by atoms with E-state index in [1.165, 1.54) is 12.4 Å². The van der Waals surface area contributed by atoms with Gasteiger partial charge in [-0.25, -0.2) is 9.97 Å². The third-order valence-electron chi connectivity index (χ3n) is 1.26. The minimum absolute atomic E-state index is 0.201. The van der Waals surface area contributed by atoms with E-state index in [1.54, 1.807) is 6.07 Å². The fourth-order valence-electron chi connectivity index (χ4n) is 0.706. The van der Waals surface area contributed by atoms with Crippen molar-refractivity contribution in [3.63, 3.8) is 0 Å². The number of alkyl halides is 3. The first-order chi connectivity index (χ1) is 6.08. The predicted molar refractivity (Wildman–Crippen MR) is 41.2 cm³/mol. The monoisotopic (exact) mass is 191 g/mol. The summed E-state index contributed by atoms with van der Waals surface area (Å²) in [6.45, 7) is -0.201. The topological polar surface area (TPSA) is 37.8 Å². The van der Waals surface area contributed by atoms with Crippen molar-refractivity contribution >= 4 is 5.95 Å². The molecule has 1 N–H and O–H groups in total. The quantitative estimate of drug-likeness (QED) is 0.792. The highest BCUT2D eigenvalue weighted by atomic mass is 19.4. The van der Waals surface area contributed by atoms with Gasteiger partial charge < -0.3 is 5.32 Å². The average Bonchev–Trinajstić information content (AvgIpc) is 2.04. The number of aromatic nitrogens is 2. The van der Waals surface area contributed by atoms with Crippen molar-refractivity contribution in [2.75, 3.05) is 11.9 Å². The van der Waals surface area contributed by atoms with Crippen LogP contribution in [0, 0.1) is 0 Å². The molecule has 0 aliphatic heterocycles. The molecule has 0 spiro atoms. The maximum atomic E-state index is 11.7. The first-order valence-electron chi connectivity index (χ1n) is 3.65. The molecule has 6 heteroatoms. The van der Waals surface area contributed by atoms with E-state index in [9.17, 15) is 13.2 Å². The van der Waals surface area contributed by atoms with Crippen molar-refractivity contribution < 1.29 is 13.2 Å². The first-order valence-corrected chi connectivity index (χ1v) is 3.65. The zero-order valence-electron chi connectivity index (χ0n) is 6.67. The second kappa shape index (κ2) is 4.06. The molecular weight excluding hydrogens is 183 g/mol. The normalized spacial score (nSPS) is 11.3. The number of nitrogens with one attached hydrogen (secondary N) is 1. The Kier molecular flexibility index (Phi) is 3.05. The van der Waals surface area contributed by atoms with Gasteiger partial charge in [-0.3, -0.25) is 0 Å². The van der Waals surface area contributed by atoms with Crippen LogP contribution < -0.4 is 5.32 Å². The molecule has 0 fully saturated rings. The molecule has 1 heterocycles. The van der Waals surface area contributed by atoms with E-state index in [4.69, 9.17) is 0 Å². The molecular formula is C7H8F3N3. The predicted octanol–water partition coefficient (Wildman–Crippen LogP) is 1.84. The number of hydrogen-bond acceptors (Lipinski definition) is 3. The van der Waals surface area contributed by atoms with Crippen molar-refractivity contribution in [1.82, 2.24) is 9.97 Å². The number of hydrogen-bond donors (Lipinski definition) is 1. The molecule has 0 atom stereocenters. The molecule has 72 valence electrons. The van der Waals surface area contributed by atoms with E-state index in [0.717, 1.165) is 0 Å². The Morgan fingerprint density at radius 3 is 2.38 bits per heavy atom. The molecule has 1 aromatic rings. The van der Waals surface area contributed by atoms with Crippen molar-refractivity contribution in [1.29, 1.82) is 0 Å². The molecule has 0 aliphatic carbocycles. The van der Waals surface area contributed by atoms with Crippen molar-refractivity contribution in [3.8, 4) is 0 Å². The lowest BCUT2D eigenvalue weighted by Gasteiger charge is -2.06. The molecule has 0 unspecified atom stereocenters. The summed E-state index contributed by atoms with van der Waals surface area (Å²) < 4.78 is 35.0. The van der Waals surface area contributed by atoms with Gasteiger partial charge in [0.2, 0.25) is 5.95 Å². The van der Waals surface area contributed by atoms with Crippen LogP contribution in [0.3, 0.4) is 0 Å². The third kappa shape index (κ3) is 4.29. The molecule has 0 radical (unpaired) electrons. The van der Waals surface area contributed by atoms with E-state index in [-0.39, 0.29) is 12.5 Å². The number of nitrogens with zero attached hydrogens (tertiary/aromatic N) is 2. The highest BCUT2D eigenvalue weighted by Gasteiger charge is 2.26. The van der Waals surface area contributed by atoms with Gasteiger partial charge in [-0.15, -0.1) is 0 Å². The van der Waals surface area contributed by atoms with E-state index < -0.39 is 12.6 Å². The van der Waals surface area contributed by atoms with Gasteiger partial charge in [0, 0.05) is 18.9 Å². The van der Waals surface area contributed by atoms with Crippen LogP contribution in [0.4, 0.5) is 19.1 Å². The number of halogens is 3. The lowest BCUT2D eigenvalue weighted by atomic mass is 10.4. The molecule has 0 aliphatic rings. The van der Waals surface area contributed by atoms with Gasteiger partial charge in [-0.1, -0.05) is 0 Å². The summed E-state index contributed by atoms with van der Waals surface area (Å²) >= 11 is 0. The van der Waals surface area contributed by atoms with E-state index in [2.05, 4.69) is 15.3 Å². The van der Waals surface area contributed by atoms with Crippen LogP contribution in [0.25, 0.3) is 0 Å². The molecule has 0 saturated carbocycles. The zero-order valence-corrected chi connectivity index (χ0v) is 6.67. The number of rotatable bonds is 3. The van der Waals surface area contributed by atoms with Crippen LogP contribution in [-0.4, -0.2) is 22.7 Å². The first kappa shape index (κ1) is 9.76. The molecule has 1 rings (SSSR count). The SMILES string of the molecule is FC(F)(F)CCNc1ncccn1. The second-order valence-electron chi connectivity index (χ2n) is 2.36. The van der Waals surface area contributed by atoms with Gasteiger partial charge in [0.15, 0.2) is 0 Å². The Bertz CT molecular complexity index is 247.